The van der Waals surface area contributed by atoms with Crippen molar-refractivity contribution in [2.24, 2.45) is 0 Å². The average molecular weight is 358 g/mol. The van der Waals surface area contributed by atoms with Crippen molar-refractivity contribution in [3.8, 4) is 23.5 Å². The lowest BCUT2D eigenvalue weighted by Gasteiger charge is -2.24. The molecule has 1 aromatic heterocycles. The fraction of sp³-hybridized carbons (Fsp3) is 0.412. The highest BCUT2D eigenvalue weighted by molar-refractivity contribution is 5.79. The molecule has 0 bridgehead atoms. The van der Waals surface area contributed by atoms with Crippen molar-refractivity contribution >= 4 is 5.91 Å². The van der Waals surface area contributed by atoms with Gasteiger partial charge in [-0.05, 0) is 24.1 Å². The number of aromatic nitrogens is 3. The lowest BCUT2D eigenvalue weighted by Crippen LogP contribution is -2.28. The summed E-state index contributed by atoms with van der Waals surface area (Å²) < 4.78 is 21.0. The number of likely N-dealkylation sites (tertiary alicyclic amines) is 1. The summed E-state index contributed by atoms with van der Waals surface area (Å²) in [6.07, 6.45) is 1.06. The van der Waals surface area contributed by atoms with E-state index in [0.717, 1.165) is 5.56 Å². The number of hydrogen-bond donors (Lipinski definition) is 0. The summed E-state index contributed by atoms with van der Waals surface area (Å²) in [5, 5.41) is 0. The molecule has 1 saturated heterocycles. The molecule has 2 aliphatic rings. The van der Waals surface area contributed by atoms with Crippen molar-refractivity contribution < 1.29 is 23.7 Å². The van der Waals surface area contributed by atoms with Gasteiger partial charge in [0.05, 0.1) is 20.3 Å². The average Bonchev–Trinajstić information content (AvgIpc) is 3.28. The van der Waals surface area contributed by atoms with Crippen molar-refractivity contribution in [2.45, 2.75) is 25.4 Å². The Morgan fingerprint density at radius 3 is 2.58 bits per heavy atom. The molecule has 2 aliphatic heterocycles. The fourth-order valence-electron chi connectivity index (χ4n) is 3.12. The minimum Gasteiger partial charge on any atom is -0.467 e. The maximum absolute atomic E-state index is 12.4. The summed E-state index contributed by atoms with van der Waals surface area (Å²) in [5.41, 5.74) is 0.947. The van der Waals surface area contributed by atoms with Gasteiger partial charge in [-0.15, -0.1) is 4.98 Å². The molecule has 0 radical (unpaired) electrons. The first-order valence-corrected chi connectivity index (χ1v) is 8.20. The highest BCUT2D eigenvalue weighted by Gasteiger charge is 2.35. The van der Waals surface area contributed by atoms with Crippen LogP contribution in [-0.4, -0.2) is 46.8 Å². The van der Waals surface area contributed by atoms with Gasteiger partial charge < -0.3 is 23.8 Å². The van der Waals surface area contributed by atoms with Crippen LogP contribution in [0.4, 0.5) is 0 Å². The number of ether oxygens (including phenoxy) is 4. The van der Waals surface area contributed by atoms with Gasteiger partial charge in [-0.2, -0.15) is 9.97 Å². The predicted molar refractivity (Wildman–Crippen MR) is 88.0 cm³/mol. The molecule has 4 rings (SSSR count). The lowest BCUT2D eigenvalue weighted by atomic mass is 10.1. The van der Waals surface area contributed by atoms with E-state index in [4.69, 9.17) is 18.9 Å². The summed E-state index contributed by atoms with van der Waals surface area (Å²) in [6, 6.07) is 5.72. The van der Waals surface area contributed by atoms with Gasteiger partial charge in [-0.3, -0.25) is 4.79 Å². The Bertz CT molecular complexity index is 822. The van der Waals surface area contributed by atoms with Crippen molar-refractivity contribution in [3.63, 3.8) is 0 Å². The van der Waals surface area contributed by atoms with Crippen LogP contribution in [0.5, 0.6) is 23.5 Å². The Labute approximate surface area is 149 Å². The van der Waals surface area contributed by atoms with Gasteiger partial charge in [0.2, 0.25) is 12.7 Å². The van der Waals surface area contributed by atoms with Crippen molar-refractivity contribution in [2.75, 3.05) is 21.0 Å². The zero-order valence-corrected chi connectivity index (χ0v) is 14.5. The number of fused-ring (bicyclic) bond motifs is 1. The van der Waals surface area contributed by atoms with E-state index < -0.39 is 0 Å². The van der Waals surface area contributed by atoms with E-state index in [1.165, 1.54) is 14.2 Å². The number of nitrogens with zero attached hydrogens (tertiary/aromatic N) is 4. The van der Waals surface area contributed by atoms with Crippen molar-refractivity contribution in [3.05, 3.63) is 29.6 Å². The van der Waals surface area contributed by atoms with E-state index in [-0.39, 0.29) is 30.8 Å². The summed E-state index contributed by atoms with van der Waals surface area (Å²) in [4.78, 5) is 26.8. The molecule has 0 N–H and O–H groups in total. The number of amides is 1. The third-order valence-corrected chi connectivity index (χ3v) is 4.39. The smallest absolute Gasteiger partial charge is 0.322 e. The molecular weight excluding hydrogens is 340 g/mol. The third kappa shape index (κ3) is 2.96. The van der Waals surface area contributed by atoms with Crippen molar-refractivity contribution in [1.29, 1.82) is 0 Å². The SMILES string of the molecule is COc1nc(OC)nc(C2CCC(=O)N2Cc2ccc3c(c2)OCO3)n1. The van der Waals surface area contributed by atoms with Crippen LogP contribution in [-0.2, 0) is 11.3 Å². The molecule has 0 spiro atoms. The first-order chi connectivity index (χ1) is 12.7. The molecule has 1 unspecified atom stereocenters. The van der Waals surface area contributed by atoms with E-state index in [9.17, 15) is 4.79 Å². The van der Waals surface area contributed by atoms with Gasteiger partial charge in [0.25, 0.3) is 0 Å². The molecule has 9 heteroatoms. The van der Waals surface area contributed by atoms with Gasteiger partial charge >= 0.3 is 12.0 Å². The number of rotatable bonds is 5. The standard InChI is InChI=1S/C17H18N4O5/c1-23-16-18-15(19-17(20-16)24-2)11-4-6-14(22)21(11)8-10-3-5-12-13(7-10)26-9-25-12/h3,5,7,11H,4,6,8-9H2,1-2H3. The second-order valence-corrected chi connectivity index (χ2v) is 5.93. The Morgan fingerprint density at radius 1 is 1.12 bits per heavy atom. The van der Waals surface area contributed by atoms with E-state index in [1.54, 1.807) is 4.90 Å². The van der Waals surface area contributed by atoms with E-state index in [2.05, 4.69) is 15.0 Å². The monoisotopic (exact) mass is 358 g/mol. The van der Waals surface area contributed by atoms with Gasteiger partial charge in [0.1, 0.15) is 0 Å². The highest BCUT2D eigenvalue weighted by atomic mass is 16.7. The molecule has 1 aromatic carbocycles. The highest BCUT2D eigenvalue weighted by Crippen LogP contribution is 2.36. The molecule has 0 saturated carbocycles. The van der Waals surface area contributed by atoms with E-state index in [0.29, 0.717) is 36.7 Å². The fourth-order valence-corrected chi connectivity index (χ4v) is 3.12. The number of benzene rings is 1. The lowest BCUT2D eigenvalue weighted by molar-refractivity contribution is -0.129. The molecule has 26 heavy (non-hydrogen) atoms. The van der Waals surface area contributed by atoms with E-state index >= 15 is 0 Å². The Kier molecular flexibility index (Phi) is 4.19. The number of carbonyl (C=O) groups is 1. The Hall–Kier alpha value is -3.10. The maximum Gasteiger partial charge on any atom is 0.322 e. The van der Waals surface area contributed by atoms with E-state index in [1.807, 2.05) is 18.2 Å². The van der Waals surface area contributed by atoms with Gasteiger partial charge in [0.15, 0.2) is 17.3 Å². The molecule has 3 heterocycles. The second-order valence-electron chi connectivity index (χ2n) is 5.93. The molecule has 0 aliphatic carbocycles. The van der Waals surface area contributed by atoms with Crippen LogP contribution in [0.15, 0.2) is 18.2 Å². The molecule has 1 atom stereocenters. The Balaban J connectivity index is 1.61. The predicted octanol–water partition coefficient (Wildman–Crippen LogP) is 1.48. The van der Waals surface area contributed by atoms with Crippen LogP contribution < -0.4 is 18.9 Å². The topological polar surface area (TPSA) is 95.9 Å². The van der Waals surface area contributed by atoms with Crippen LogP contribution in [0, 0.1) is 0 Å². The normalized spacial score (nSPS) is 18.3. The van der Waals surface area contributed by atoms with Crippen LogP contribution >= 0.6 is 0 Å². The number of methoxy groups -OCH3 is 2. The molecule has 1 fully saturated rings. The zero-order chi connectivity index (χ0) is 18.1. The van der Waals surface area contributed by atoms with Crippen LogP contribution in [0.25, 0.3) is 0 Å². The second kappa shape index (κ2) is 6.66. The maximum atomic E-state index is 12.4. The summed E-state index contributed by atoms with van der Waals surface area (Å²) >= 11 is 0. The van der Waals surface area contributed by atoms with Gasteiger partial charge in [-0.25, -0.2) is 0 Å². The van der Waals surface area contributed by atoms with Crippen LogP contribution in [0.3, 0.4) is 0 Å². The minimum absolute atomic E-state index is 0.0472. The molecule has 9 nitrogen and oxygen atoms in total. The first-order valence-electron chi connectivity index (χ1n) is 8.20. The first kappa shape index (κ1) is 16.4. The largest absolute Gasteiger partial charge is 0.467 e. The van der Waals surface area contributed by atoms with Crippen molar-refractivity contribution in [1.82, 2.24) is 19.9 Å². The number of carbonyl (C=O) groups excluding carboxylic acids is 1. The summed E-state index contributed by atoms with van der Waals surface area (Å²) in [6.45, 7) is 0.644. The van der Waals surface area contributed by atoms with Gasteiger partial charge in [-0.1, -0.05) is 6.07 Å². The quantitative estimate of drug-likeness (QED) is 0.793. The zero-order valence-electron chi connectivity index (χ0n) is 14.5. The third-order valence-electron chi connectivity index (χ3n) is 4.39. The molecular formula is C17H18N4O5. The summed E-state index contributed by atoms with van der Waals surface area (Å²) in [7, 11) is 2.95. The Morgan fingerprint density at radius 2 is 1.85 bits per heavy atom. The number of hydrogen-bond acceptors (Lipinski definition) is 8. The molecule has 136 valence electrons. The van der Waals surface area contributed by atoms with Gasteiger partial charge in [0, 0.05) is 13.0 Å². The minimum atomic E-state index is -0.265. The summed E-state index contributed by atoms with van der Waals surface area (Å²) in [5.74, 6) is 1.91. The van der Waals surface area contributed by atoms with Crippen LogP contribution in [0.1, 0.15) is 30.3 Å². The molecule has 1 amide bonds. The van der Waals surface area contributed by atoms with Crippen LogP contribution in [0.2, 0.25) is 0 Å². The molecule has 2 aromatic rings.